The molecule has 0 N–H and O–H groups in total. The molecule has 1 unspecified atom stereocenters. The van der Waals surface area contributed by atoms with Crippen LogP contribution in [0.2, 0.25) is 0 Å². The minimum Gasteiger partial charge on any atom is -0.333 e. The van der Waals surface area contributed by atoms with Gasteiger partial charge in [-0.3, -0.25) is 0 Å². The van der Waals surface area contributed by atoms with Crippen LogP contribution >= 0.6 is 7.80 Å². The lowest BCUT2D eigenvalue weighted by Crippen LogP contribution is -2.19. The van der Waals surface area contributed by atoms with Gasteiger partial charge in [0.05, 0.1) is 0 Å². The van der Waals surface area contributed by atoms with E-state index in [4.69, 9.17) is 10.00 Å². The zero-order valence-electron chi connectivity index (χ0n) is 7.13. The lowest BCUT2D eigenvalue weighted by Gasteiger charge is -2.11. The van der Waals surface area contributed by atoms with Gasteiger partial charge in [-0.05, 0) is 6.92 Å². The van der Waals surface area contributed by atoms with E-state index in [9.17, 15) is 4.57 Å². The Morgan fingerprint density at radius 2 is 2.18 bits per heavy atom. The summed E-state index contributed by atoms with van der Waals surface area (Å²) in [5, 5.41) is 7.63. The first kappa shape index (κ1) is 10.6. The third kappa shape index (κ3) is 3.46. The molecule has 0 saturated carbocycles. The maximum atomic E-state index is 11.3. The summed E-state index contributed by atoms with van der Waals surface area (Å²) < 4.78 is 16.5. The fourth-order valence-corrected chi connectivity index (χ4v) is 1.46. The highest BCUT2D eigenvalue weighted by atomic mass is 31.1. The lowest BCUT2D eigenvalue weighted by molar-refractivity contribution is 0.0552. The number of nitriles is 1. The van der Waals surface area contributed by atoms with E-state index in [0.717, 1.165) is 0 Å². The summed E-state index contributed by atoms with van der Waals surface area (Å²) in [4.78, 5) is 0. The first-order chi connectivity index (χ1) is 5.04. The quantitative estimate of drug-likeness (QED) is 0.613. The summed E-state index contributed by atoms with van der Waals surface area (Å²) in [6, 6.07) is 1.87. The van der Waals surface area contributed by atoms with Crippen molar-refractivity contribution < 1.29 is 9.30 Å². The zero-order chi connectivity index (χ0) is 8.91. The van der Waals surface area contributed by atoms with Crippen molar-refractivity contribution in [2.24, 2.45) is 0 Å². The van der Waals surface area contributed by atoms with Crippen LogP contribution in [0.5, 0.6) is 0 Å². The molecule has 11 heavy (non-hydrogen) atoms. The smallest absolute Gasteiger partial charge is 0.333 e. The van der Waals surface area contributed by atoms with E-state index < -0.39 is 13.1 Å². The van der Waals surface area contributed by atoms with Gasteiger partial charge in [0.2, 0.25) is 6.16 Å². The second-order valence-corrected chi connectivity index (χ2v) is 4.72. The fourth-order valence-electron chi connectivity index (χ4n) is 0.680. The SMILES string of the molecule is CCOC(C)(C)[P+](=O)CC#N. The van der Waals surface area contributed by atoms with Gasteiger partial charge in [0.1, 0.15) is 6.07 Å². The molecule has 0 aliphatic heterocycles. The molecular formula is C7H13NO2P+. The van der Waals surface area contributed by atoms with Gasteiger partial charge in [-0.1, -0.05) is 4.57 Å². The number of rotatable bonds is 4. The first-order valence-electron chi connectivity index (χ1n) is 3.50. The summed E-state index contributed by atoms with van der Waals surface area (Å²) in [5.41, 5.74) is 0. The third-order valence-corrected chi connectivity index (χ3v) is 3.07. The summed E-state index contributed by atoms with van der Waals surface area (Å²) in [7, 11) is -1.56. The fraction of sp³-hybridized carbons (Fsp3) is 0.857. The Labute approximate surface area is 68.1 Å². The average Bonchev–Trinajstić information content (AvgIpc) is 1.88. The molecule has 0 radical (unpaired) electrons. The highest BCUT2D eigenvalue weighted by molar-refractivity contribution is 7.46. The molecule has 0 spiro atoms. The van der Waals surface area contributed by atoms with Gasteiger partial charge >= 0.3 is 7.80 Å². The van der Waals surface area contributed by atoms with Crippen molar-refractivity contribution in [2.45, 2.75) is 26.1 Å². The Balaban J connectivity index is 4.08. The first-order valence-corrected chi connectivity index (χ1v) is 4.94. The minimum atomic E-state index is -1.56. The van der Waals surface area contributed by atoms with Crippen molar-refractivity contribution in [2.75, 3.05) is 12.8 Å². The normalized spacial score (nSPS) is 12.4. The number of ether oxygens (including phenoxy) is 1. The van der Waals surface area contributed by atoms with Crippen LogP contribution in [0.25, 0.3) is 0 Å². The summed E-state index contributed by atoms with van der Waals surface area (Å²) in [6.07, 6.45) is 0.0718. The Kier molecular flexibility index (Phi) is 4.25. The van der Waals surface area contributed by atoms with Crippen molar-refractivity contribution in [1.82, 2.24) is 0 Å². The van der Waals surface area contributed by atoms with Gasteiger partial charge in [0, 0.05) is 20.5 Å². The van der Waals surface area contributed by atoms with Crippen molar-refractivity contribution in [3.63, 3.8) is 0 Å². The zero-order valence-corrected chi connectivity index (χ0v) is 8.02. The molecule has 0 aliphatic carbocycles. The molecule has 62 valence electrons. The lowest BCUT2D eigenvalue weighted by atomic mass is 10.5. The molecule has 0 amide bonds. The molecule has 4 heteroatoms. The molecular weight excluding hydrogens is 161 g/mol. The second kappa shape index (κ2) is 4.43. The van der Waals surface area contributed by atoms with E-state index in [1.165, 1.54) is 0 Å². The van der Waals surface area contributed by atoms with Gasteiger partial charge in [0.15, 0.2) is 0 Å². The number of hydrogen-bond donors (Lipinski definition) is 0. The molecule has 0 aromatic carbocycles. The monoisotopic (exact) mass is 174 g/mol. The van der Waals surface area contributed by atoms with Gasteiger partial charge < -0.3 is 4.74 Å². The minimum absolute atomic E-state index is 0.0718. The van der Waals surface area contributed by atoms with Crippen LogP contribution in [0.15, 0.2) is 0 Å². The molecule has 0 aromatic rings. The van der Waals surface area contributed by atoms with Gasteiger partial charge in [0.25, 0.3) is 5.34 Å². The molecule has 0 heterocycles. The van der Waals surface area contributed by atoms with Crippen LogP contribution in [0.3, 0.4) is 0 Å². The van der Waals surface area contributed by atoms with Gasteiger partial charge in [-0.2, -0.15) is 5.26 Å². The molecule has 0 aromatic heterocycles. The van der Waals surface area contributed by atoms with E-state index in [1.54, 1.807) is 13.8 Å². The molecule has 0 aliphatic rings. The second-order valence-electron chi connectivity index (χ2n) is 2.57. The Morgan fingerprint density at radius 1 is 1.64 bits per heavy atom. The highest BCUT2D eigenvalue weighted by Crippen LogP contribution is 2.38. The predicted molar refractivity (Wildman–Crippen MR) is 43.8 cm³/mol. The third-order valence-electron chi connectivity index (χ3n) is 1.31. The largest absolute Gasteiger partial charge is 0.387 e. The Morgan fingerprint density at radius 3 is 2.55 bits per heavy atom. The summed E-state index contributed by atoms with van der Waals surface area (Å²) in [6.45, 7) is 5.86. The molecule has 1 atom stereocenters. The summed E-state index contributed by atoms with van der Waals surface area (Å²) >= 11 is 0. The van der Waals surface area contributed by atoms with Crippen LogP contribution in [-0.4, -0.2) is 18.1 Å². The van der Waals surface area contributed by atoms with Gasteiger partial charge in [-0.25, -0.2) is 0 Å². The number of hydrogen-bond acceptors (Lipinski definition) is 3. The van der Waals surface area contributed by atoms with Crippen molar-refractivity contribution in [3.05, 3.63) is 0 Å². The Bertz CT molecular complexity index is 183. The standard InChI is InChI=1S/C7H13NO2P/c1-4-10-7(2,3)11(9)6-5-8/h4,6H2,1-3H3/q+1. The van der Waals surface area contributed by atoms with E-state index in [0.29, 0.717) is 6.61 Å². The summed E-state index contributed by atoms with van der Waals surface area (Å²) in [5.74, 6) is 0. The molecule has 0 fully saturated rings. The highest BCUT2D eigenvalue weighted by Gasteiger charge is 2.39. The molecule has 0 saturated heterocycles. The van der Waals surface area contributed by atoms with E-state index in [1.807, 2.05) is 13.0 Å². The molecule has 0 rings (SSSR count). The number of nitrogens with zero attached hydrogens (tertiary/aromatic N) is 1. The van der Waals surface area contributed by atoms with Crippen LogP contribution in [0.4, 0.5) is 0 Å². The topological polar surface area (TPSA) is 50.1 Å². The van der Waals surface area contributed by atoms with Crippen molar-refractivity contribution in [1.29, 1.82) is 5.26 Å². The Hall–Kier alpha value is -0.450. The molecule has 3 nitrogen and oxygen atoms in total. The van der Waals surface area contributed by atoms with E-state index in [2.05, 4.69) is 0 Å². The van der Waals surface area contributed by atoms with Crippen molar-refractivity contribution in [3.8, 4) is 6.07 Å². The van der Waals surface area contributed by atoms with Crippen LogP contribution < -0.4 is 0 Å². The van der Waals surface area contributed by atoms with Crippen LogP contribution in [0.1, 0.15) is 20.8 Å². The van der Waals surface area contributed by atoms with Crippen LogP contribution in [-0.2, 0) is 9.30 Å². The maximum absolute atomic E-state index is 11.3. The van der Waals surface area contributed by atoms with Crippen LogP contribution in [0, 0.1) is 11.3 Å². The van der Waals surface area contributed by atoms with E-state index >= 15 is 0 Å². The average molecular weight is 174 g/mol. The van der Waals surface area contributed by atoms with Crippen molar-refractivity contribution >= 4 is 7.80 Å². The van der Waals surface area contributed by atoms with E-state index in [-0.39, 0.29) is 6.16 Å². The predicted octanol–water partition coefficient (Wildman–Crippen LogP) is 2.11. The molecule has 0 bridgehead atoms. The maximum Gasteiger partial charge on any atom is 0.387 e. The van der Waals surface area contributed by atoms with Gasteiger partial charge in [-0.15, -0.1) is 0 Å².